The highest BCUT2D eigenvalue weighted by Gasteiger charge is 2.20. The van der Waals surface area contributed by atoms with Crippen LogP contribution in [0.15, 0.2) is 65.2 Å². The maximum absolute atomic E-state index is 12.4. The van der Waals surface area contributed by atoms with Crippen LogP contribution in [-0.2, 0) is 16.1 Å². The van der Waals surface area contributed by atoms with E-state index < -0.39 is 0 Å². The van der Waals surface area contributed by atoms with Gasteiger partial charge in [-0.1, -0.05) is 54.0 Å². The second-order valence-electron chi connectivity index (χ2n) is 5.67. The Morgan fingerprint density at radius 3 is 2.56 bits per heavy atom. The topological polar surface area (TPSA) is 52.3 Å². The van der Waals surface area contributed by atoms with E-state index in [1.807, 2.05) is 49.4 Å². The molecule has 25 heavy (non-hydrogen) atoms. The van der Waals surface area contributed by atoms with Gasteiger partial charge in [-0.2, -0.15) is 0 Å². The van der Waals surface area contributed by atoms with E-state index >= 15 is 0 Å². The number of esters is 1. The van der Waals surface area contributed by atoms with E-state index in [9.17, 15) is 4.79 Å². The largest absolute Gasteiger partial charge is 0.459 e. The van der Waals surface area contributed by atoms with Crippen molar-refractivity contribution in [2.45, 2.75) is 25.9 Å². The predicted molar refractivity (Wildman–Crippen MR) is 96.2 cm³/mol. The molecule has 0 saturated carbocycles. The summed E-state index contributed by atoms with van der Waals surface area (Å²) in [7, 11) is 0. The first-order valence-corrected chi connectivity index (χ1v) is 8.48. The second-order valence-corrected chi connectivity index (χ2v) is 6.11. The number of hydrogen-bond donors (Lipinski definition) is 0. The average molecular weight is 356 g/mol. The number of aromatic nitrogens is 1. The van der Waals surface area contributed by atoms with Gasteiger partial charge in [-0.3, -0.25) is 4.79 Å². The van der Waals surface area contributed by atoms with Crippen molar-refractivity contribution < 1.29 is 14.1 Å². The van der Waals surface area contributed by atoms with Crippen molar-refractivity contribution >= 4 is 17.6 Å². The minimum atomic E-state index is -0.274. The van der Waals surface area contributed by atoms with E-state index in [4.69, 9.17) is 20.9 Å². The van der Waals surface area contributed by atoms with Gasteiger partial charge >= 0.3 is 5.97 Å². The molecular weight excluding hydrogens is 338 g/mol. The second kappa shape index (κ2) is 7.99. The molecule has 0 saturated heterocycles. The standard InChI is InChI=1S/C20H18ClNO3/c1-2-18(14-6-4-3-5-7-14)20(23)24-13-17-12-19(25-22-17)15-8-10-16(21)11-9-15/h3-12,18H,2,13H2,1H3. The van der Waals surface area contributed by atoms with Gasteiger partial charge in [-0.05, 0) is 36.2 Å². The van der Waals surface area contributed by atoms with Gasteiger partial charge in [0.05, 0.1) is 5.92 Å². The number of rotatable bonds is 6. The summed E-state index contributed by atoms with van der Waals surface area (Å²) in [6.45, 7) is 2.05. The molecule has 0 aliphatic heterocycles. The van der Waals surface area contributed by atoms with Crippen molar-refractivity contribution in [3.63, 3.8) is 0 Å². The molecule has 0 amide bonds. The SMILES string of the molecule is CCC(C(=O)OCc1cc(-c2ccc(Cl)cc2)on1)c1ccccc1. The molecule has 0 radical (unpaired) electrons. The van der Waals surface area contributed by atoms with Crippen LogP contribution in [0.2, 0.25) is 5.02 Å². The van der Waals surface area contributed by atoms with Crippen molar-refractivity contribution in [2.75, 3.05) is 0 Å². The lowest BCUT2D eigenvalue weighted by Gasteiger charge is -2.13. The van der Waals surface area contributed by atoms with E-state index in [0.29, 0.717) is 22.9 Å². The van der Waals surface area contributed by atoms with Crippen molar-refractivity contribution in [1.82, 2.24) is 5.16 Å². The first-order valence-electron chi connectivity index (χ1n) is 8.10. The van der Waals surface area contributed by atoms with Crippen molar-refractivity contribution in [3.8, 4) is 11.3 Å². The Bertz CT molecular complexity index is 828. The molecule has 0 fully saturated rings. The molecule has 5 heteroatoms. The van der Waals surface area contributed by atoms with Crippen LogP contribution in [0.4, 0.5) is 0 Å². The molecule has 128 valence electrons. The van der Waals surface area contributed by atoms with Crippen LogP contribution in [0.3, 0.4) is 0 Å². The number of halogens is 1. The number of carbonyl (C=O) groups is 1. The third-order valence-corrected chi connectivity index (χ3v) is 4.20. The minimum absolute atomic E-state index is 0.0826. The van der Waals surface area contributed by atoms with Crippen LogP contribution in [0.1, 0.15) is 30.5 Å². The van der Waals surface area contributed by atoms with Gasteiger partial charge < -0.3 is 9.26 Å². The fourth-order valence-electron chi connectivity index (χ4n) is 2.60. The Morgan fingerprint density at radius 1 is 1.16 bits per heavy atom. The van der Waals surface area contributed by atoms with Gasteiger partial charge in [0.25, 0.3) is 0 Å². The molecule has 3 rings (SSSR count). The molecule has 4 nitrogen and oxygen atoms in total. The summed E-state index contributed by atoms with van der Waals surface area (Å²) < 4.78 is 10.7. The zero-order chi connectivity index (χ0) is 17.6. The molecule has 1 unspecified atom stereocenters. The lowest BCUT2D eigenvalue weighted by atomic mass is 9.97. The van der Waals surface area contributed by atoms with Crippen molar-refractivity contribution in [1.29, 1.82) is 0 Å². The maximum Gasteiger partial charge on any atom is 0.313 e. The fraction of sp³-hybridized carbons (Fsp3) is 0.200. The first-order chi connectivity index (χ1) is 12.2. The van der Waals surface area contributed by atoms with Crippen molar-refractivity contribution in [3.05, 3.63) is 76.9 Å². The molecule has 3 aromatic rings. The quantitative estimate of drug-likeness (QED) is 0.568. The molecular formula is C20H18ClNO3. The van der Waals surface area contributed by atoms with Crippen molar-refractivity contribution in [2.24, 2.45) is 0 Å². The van der Waals surface area contributed by atoms with Crippen LogP contribution in [0, 0.1) is 0 Å². The third-order valence-electron chi connectivity index (χ3n) is 3.94. The molecule has 1 heterocycles. The third kappa shape index (κ3) is 4.28. The van der Waals surface area contributed by atoms with Crippen LogP contribution in [0.5, 0.6) is 0 Å². The molecule has 0 aliphatic carbocycles. The molecule has 1 atom stereocenters. The average Bonchev–Trinajstić information content (AvgIpc) is 3.11. The Hall–Kier alpha value is -2.59. The Labute approximate surface area is 151 Å². The number of benzene rings is 2. The summed E-state index contributed by atoms with van der Waals surface area (Å²) in [4.78, 5) is 12.4. The van der Waals surface area contributed by atoms with E-state index in [1.54, 1.807) is 18.2 Å². The Kier molecular flexibility index (Phi) is 5.51. The summed E-state index contributed by atoms with van der Waals surface area (Å²) in [6, 6.07) is 18.7. The van der Waals surface area contributed by atoms with Gasteiger partial charge in [0.1, 0.15) is 12.3 Å². The zero-order valence-electron chi connectivity index (χ0n) is 13.8. The van der Waals surface area contributed by atoms with Gasteiger partial charge in [0, 0.05) is 16.7 Å². The number of hydrogen-bond acceptors (Lipinski definition) is 4. The minimum Gasteiger partial charge on any atom is -0.459 e. The Morgan fingerprint density at radius 2 is 1.88 bits per heavy atom. The fourth-order valence-corrected chi connectivity index (χ4v) is 2.73. The molecule has 0 N–H and O–H groups in total. The Balaban J connectivity index is 1.63. The smallest absolute Gasteiger partial charge is 0.313 e. The van der Waals surface area contributed by atoms with Crippen LogP contribution in [-0.4, -0.2) is 11.1 Å². The monoisotopic (exact) mass is 355 g/mol. The zero-order valence-corrected chi connectivity index (χ0v) is 14.6. The lowest BCUT2D eigenvalue weighted by Crippen LogP contribution is -2.15. The molecule has 1 aromatic heterocycles. The first kappa shape index (κ1) is 17.2. The van der Waals surface area contributed by atoms with Gasteiger partial charge in [-0.15, -0.1) is 0 Å². The molecule has 0 bridgehead atoms. The summed E-state index contributed by atoms with van der Waals surface area (Å²) >= 11 is 5.88. The molecule has 0 spiro atoms. The van der Waals surface area contributed by atoms with Crippen LogP contribution < -0.4 is 0 Å². The molecule has 0 aliphatic rings. The molecule has 2 aromatic carbocycles. The van der Waals surface area contributed by atoms with Gasteiger partial charge in [-0.25, -0.2) is 0 Å². The summed E-state index contributed by atoms with van der Waals surface area (Å²) in [6.07, 6.45) is 0.678. The maximum atomic E-state index is 12.4. The van der Waals surface area contributed by atoms with Crippen LogP contribution >= 0.6 is 11.6 Å². The van der Waals surface area contributed by atoms with E-state index in [2.05, 4.69) is 5.16 Å². The summed E-state index contributed by atoms with van der Waals surface area (Å²) in [5, 5.41) is 4.62. The highest BCUT2D eigenvalue weighted by molar-refractivity contribution is 6.30. The van der Waals surface area contributed by atoms with Crippen LogP contribution in [0.25, 0.3) is 11.3 Å². The number of nitrogens with zero attached hydrogens (tertiary/aromatic N) is 1. The normalized spacial score (nSPS) is 11.9. The van der Waals surface area contributed by atoms with E-state index in [-0.39, 0.29) is 18.5 Å². The van der Waals surface area contributed by atoms with E-state index in [0.717, 1.165) is 11.1 Å². The summed E-state index contributed by atoms with van der Waals surface area (Å²) in [5.74, 6) is 0.0754. The highest BCUT2D eigenvalue weighted by atomic mass is 35.5. The summed E-state index contributed by atoms with van der Waals surface area (Å²) in [5.41, 5.74) is 2.39. The number of carbonyl (C=O) groups excluding carboxylic acids is 1. The highest BCUT2D eigenvalue weighted by Crippen LogP contribution is 2.24. The number of ether oxygens (including phenoxy) is 1. The van der Waals surface area contributed by atoms with E-state index in [1.165, 1.54) is 0 Å². The van der Waals surface area contributed by atoms with Gasteiger partial charge in [0.15, 0.2) is 5.76 Å². The predicted octanol–water partition coefficient (Wildman–Crippen LogP) is 5.23. The lowest BCUT2D eigenvalue weighted by molar-refractivity contribution is -0.147. The van der Waals surface area contributed by atoms with Gasteiger partial charge in [0.2, 0.25) is 0 Å².